The van der Waals surface area contributed by atoms with Crippen LogP contribution in [-0.4, -0.2) is 0 Å². The van der Waals surface area contributed by atoms with Crippen LogP contribution in [0.3, 0.4) is 0 Å². The lowest BCUT2D eigenvalue weighted by atomic mass is 10.2. The Balaban J connectivity index is 0.00000225. The van der Waals surface area contributed by atoms with E-state index >= 15 is 0 Å². The van der Waals surface area contributed by atoms with E-state index < -0.39 is 7.26 Å². The number of hydrogen-bond acceptors (Lipinski definition) is 0. The van der Waals surface area contributed by atoms with Crippen molar-refractivity contribution in [2.75, 3.05) is 0 Å². The molecule has 0 heterocycles. The standard InChI is InChI=1S/C25H21IP.BrH/c26-22-18-16-21(17-19-22)20-27(23-10-4-1-5-11-23,24-12-6-2-7-13-24)25-14-8-3-9-15-25;/h1-19H,20H2;1H/q+1;. The van der Waals surface area contributed by atoms with Gasteiger partial charge in [0.25, 0.3) is 0 Å². The zero-order valence-corrected chi connectivity index (χ0v) is 20.2. The van der Waals surface area contributed by atoms with Gasteiger partial charge in [-0.15, -0.1) is 17.0 Å². The lowest BCUT2D eigenvalue weighted by Crippen LogP contribution is -2.32. The molecule has 4 rings (SSSR count). The summed E-state index contributed by atoms with van der Waals surface area (Å²) in [6, 6.07) is 42.2. The molecule has 4 aromatic carbocycles. The van der Waals surface area contributed by atoms with Crippen molar-refractivity contribution < 1.29 is 0 Å². The van der Waals surface area contributed by atoms with Gasteiger partial charge in [-0.3, -0.25) is 0 Å². The minimum absolute atomic E-state index is 0. The topological polar surface area (TPSA) is 0 Å². The van der Waals surface area contributed by atoms with Crippen LogP contribution < -0.4 is 15.9 Å². The predicted molar refractivity (Wildman–Crippen MR) is 138 cm³/mol. The molecule has 0 aliphatic rings. The maximum Gasteiger partial charge on any atom is 0.116 e. The van der Waals surface area contributed by atoms with Crippen molar-refractivity contribution >= 4 is 62.7 Å². The number of hydrogen-bond donors (Lipinski definition) is 0. The third kappa shape index (κ3) is 4.40. The van der Waals surface area contributed by atoms with E-state index in [9.17, 15) is 0 Å². The van der Waals surface area contributed by atoms with Gasteiger partial charge in [0.15, 0.2) is 0 Å². The molecule has 0 fully saturated rings. The Morgan fingerprint density at radius 2 is 0.857 bits per heavy atom. The molecule has 0 nitrogen and oxygen atoms in total. The maximum absolute atomic E-state index is 2.38. The minimum Gasteiger partial charge on any atom is -0.114 e. The molecular formula is C25H22BrIP+. The minimum atomic E-state index is -1.79. The summed E-state index contributed by atoms with van der Waals surface area (Å²) in [5, 5.41) is 4.29. The number of halogens is 2. The first-order valence-electron chi connectivity index (χ1n) is 9.08. The highest BCUT2D eigenvalue weighted by molar-refractivity contribution is 14.1. The zero-order valence-electron chi connectivity index (χ0n) is 15.4. The molecule has 3 heteroatoms. The van der Waals surface area contributed by atoms with Crippen LogP contribution in [0.25, 0.3) is 0 Å². The monoisotopic (exact) mass is 559 g/mol. The van der Waals surface area contributed by atoms with E-state index in [1.165, 1.54) is 25.0 Å². The Bertz CT molecular complexity index is 890. The molecule has 0 saturated carbocycles. The second-order valence-electron chi connectivity index (χ2n) is 6.60. The summed E-state index contributed by atoms with van der Waals surface area (Å²) >= 11 is 2.38. The molecule has 28 heavy (non-hydrogen) atoms. The van der Waals surface area contributed by atoms with Gasteiger partial charge in [0.05, 0.1) is 6.16 Å². The average molecular weight is 560 g/mol. The molecule has 0 unspecified atom stereocenters. The van der Waals surface area contributed by atoms with Crippen LogP contribution in [0.15, 0.2) is 115 Å². The molecule has 0 aliphatic carbocycles. The summed E-state index contributed by atoms with van der Waals surface area (Å²) in [7, 11) is -1.79. The van der Waals surface area contributed by atoms with Crippen molar-refractivity contribution in [3.8, 4) is 0 Å². The largest absolute Gasteiger partial charge is 0.116 e. The summed E-state index contributed by atoms with van der Waals surface area (Å²) in [4.78, 5) is 0. The van der Waals surface area contributed by atoms with Crippen LogP contribution in [0.4, 0.5) is 0 Å². The van der Waals surface area contributed by atoms with Gasteiger partial charge in [-0.05, 0) is 76.7 Å². The summed E-state index contributed by atoms with van der Waals surface area (Å²) in [6.07, 6.45) is 1.03. The first-order chi connectivity index (χ1) is 13.3. The van der Waals surface area contributed by atoms with E-state index in [0.717, 1.165) is 6.16 Å². The lowest BCUT2D eigenvalue weighted by Gasteiger charge is -2.27. The molecule has 0 N–H and O–H groups in total. The maximum atomic E-state index is 2.38. The molecule has 0 amide bonds. The highest BCUT2D eigenvalue weighted by Crippen LogP contribution is 2.58. The van der Waals surface area contributed by atoms with E-state index in [0.29, 0.717) is 0 Å². The molecule has 0 spiro atoms. The van der Waals surface area contributed by atoms with E-state index in [-0.39, 0.29) is 17.0 Å². The Kier molecular flexibility index (Phi) is 7.45. The van der Waals surface area contributed by atoms with Crippen LogP contribution in [0.2, 0.25) is 0 Å². The fraction of sp³-hybridized carbons (Fsp3) is 0.0400. The molecule has 0 aliphatic heterocycles. The number of benzene rings is 4. The first kappa shape index (κ1) is 21.2. The average Bonchev–Trinajstić information content (AvgIpc) is 2.75. The van der Waals surface area contributed by atoms with Crippen molar-refractivity contribution in [3.05, 3.63) is 124 Å². The Labute approximate surface area is 192 Å². The van der Waals surface area contributed by atoms with E-state index in [2.05, 4.69) is 138 Å². The summed E-state index contributed by atoms with van der Waals surface area (Å²) in [5.41, 5.74) is 1.39. The van der Waals surface area contributed by atoms with E-state index in [4.69, 9.17) is 0 Å². The SMILES string of the molecule is Br.Ic1ccc(C[P+](c2ccccc2)(c2ccccc2)c2ccccc2)cc1. The van der Waals surface area contributed by atoms with Crippen molar-refractivity contribution in [2.24, 2.45) is 0 Å². The fourth-order valence-corrected chi connectivity index (χ4v) is 8.24. The molecule has 0 aromatic heterocycles. The van der Waals surface area contributed by atoms with Gasteiger partial charge < -0.3 is 0 Å². The third-order valence-corrected chi connectivity index (χ3v) is 10.0. The van der Waals surface area contributed by atoms with Gasteiger partial charge in [0.1, 0.15) is 23.2 Å². The van der Waals surface area contributed by atoms with Crippen molar-refractivity contribution in [1.29, 1.82) is 0 Å². The van der Waals surface area contributed by atoms with Gasteiger partial charge >= 0.3 is 0 Å². The van der Waals surface area contributed by atoms with Crippen molar-refractivity contribution in [1.82, 2.24) is 0 Å². The van der Waals surface area contributed by atoms with Crippen LogP contribution in [0, 0.1) is 3.57 Å². The van der Waals surface area contributed by atoms with Gasteiger partial charge in [-0.2, -0.15) is 0 Å². The third-order valence-electron chi connectivity index (χ3n) is 4.92. The molecule has 0 radical (unpaired) electrons. The molecular weight excluding hydrogens is 538 g/mol. The first-order valence-corrected chi connectivity index (χ1v) is 12.1. The Hall–Kier alpha value is -1.48. The summed E-state index contributed by atoms with van der Waals surface area (Å²) in [6.45, 7) is 0. The van der Waals surface area contributed by atoms with Gasteiger partial charge in [-0.25, -0.2) is 0 Å². The van der Waals surface area contributed by atoms with Crippen LogP contribution >= 0.6 is 46.8 Å². The second kappa shape index (κ2) is 9.82. The molecule has 0 bridgehead atoms. The summed E-state index contributed by atoms with van der Waals surface area (Å²) < 4.78 is 1.28. The smallest absolute Gasteiger partial charge is 0.114 e. The van der Waals surface area contributed by atoms with Gasteiger partial charge in [0, 0.05) is 3.57 Å². The van der Waals surface area contributed by atoms with Crippen LogP contribution in [0.5, 0.6) is 0 Å². The quantitative estimate of drug-likeness (QED) is 0.197. The molecule has 4 aromatic rings. The molecule has 0 atom stereocenters. The van der Waals surface area contributed by atoms with E-state index in [1.54, 1.807) is 0 Å². The Morgan fingerprint density at radius 3 is 1.21 bits per heavy atom. The fourth-order valence-electron chi connectivity index (χ4n) is 3.63. The highest BCUT2D eigenvalue weighted by Gasteiger charge is 2.45. The molecule has 140 valence electrons. The molecule has 0 saturated heterocycles. The lowest BCUT2D eigenvalue weighted by molar-refractivity contribution is 1.38. The van der Waals surface area contributed by atoms with Crippen molar-refractivity contribution in [3.63, 3.8) is 0 Å². The predicted octanol–water partition coefficient (Wildman–Crippen LogP) is 6.36. The summed E-state index contributed by atoms with van der Waals surface area (Å²) in [5.74, 6) is 0. The van der Waals surface area contributed by atoms with Gasteiger partial charge in [0.2, 0.25) is 0 Å². The zero-order chi connectivity index (χ0) is 18.5. The van der Waals surface area contributed by atoms with Crippen LogP contribution in [0.1, 0.15) is 5.56 Å². The normalized spacial score (nSPS) is 10.9. The number of rotatable bonds is 5. The van der Waals surface area contributed by atoms with Crippen molar-refractivity contribution in [2.45, 2.75) is 6.16 Å². The highest BCUT2D eigenvalue weighted by atomic mass is 127. The second-order valence-corrected chi connectivity index (χ2v) is 11.3. The van der Waals surface area contributed by atoms with Crippen LogP contribution in [-0.2, 0) is 6.16 Å². The Morgan fingerprint density at radius 1 is 0.500 bits per heavy atom. The van der Waals surface area contributed by atoms with Gasteiger partial charge in [-0.1, -0.05) is 66.7 Å². The van der Waals surface area contributed by atoms with E-state index in [1.807, 2.05) is 0 Å².